The smallest absolute Gasteiger partial charge is 0.253 e. The largest absolute Gasteiger partial charge is 0.496 e. The highest BCUT2D eigenvalue weighted by molar-refractivity contribution is 7.89. The molecule has 0 aliphatic carbocycles. The van der Waals surface area contributed by atoms with Crippen molar-refractivity contribution in [3.63, 3.8) is 0 Å². The van der Waals surface area contributed by atoms with Gasteiger partial charge in [-0.05, 0) is 54.8 Å². The Balaban J connectivity index is 1.43. The van der Waals surface area contributed by atoms with Gasteiger partial charge in [0.1, 0.15) is 5.75 Å². The SMILES string of the molecule is COc1ccc(S(=O)(=O)N2CCOCC2)cc1CCC(=O)Nc1ccccc1C(=O)N[C@@H](C)c1ccccc1. The lowest BCUT2D eigenvalue weighted by Gasteiger charge is -2.26. The monoisotopic (exact) mass is 551 g/mol. The van der Waals surface area contributed by atoms with Crippen LogP contribution in [0.3, 0.4) is 0 Å². The van der Waals surface area contributed by atoms with Crippen molar-refractivity contribution in [1.82, 2.24) is 9.62 Å². The van der Waals surface area contributed by atoms with Gasteiger partial charge in [0.25, 0.3) is 5.91 Å². The van der Waals surface area contributed by atoms with Crippen LogP contribution in [0.2, 0.25) is 0 Å². The number of aryl methyl sites for hydroxylation is 1. The number of sulfonamides is 1. The molecule has 1 fully saturated rings. The highest BCUT2D eigenvalue weighted by atomic mass is 32.2. The maximum Gasteiger partial charge on any atom is 0.253 e. The van der Waals surface area contributed by atoms with E-state index in [2.05, 4.69) is 10.6 Å². The van der Waals surface area contributed by atoms with Crippen molar-refractivity contribution in [3.8, 4) is 5.75 Å². The summed E-state index contributed by atoms with van der Waals surface area (Å²) in [4.78, 5) is 26.1. The number of hydrogen-bond donors (Lipinski definition) is 2. The molecule has 3 aromatic carbocycles. The highest BCUT2D eigenvalue weighted by Gasteiger charge is 2.27. The molecule has 206 valence electrons. The third-order valence-electron chi connectivity index (χ3n) is 6.57. The van der Waals surface area contributed by atoms with Gasteiger partial charge in [0, 0.05) is 19.5 Å². The number of nitrogens with zero attached hydrogens (tertiary/aromatic N) is 1. The van der Waals surface area contributed by atoms with E-state index in [1.165, 1.54) is 17.5 Å². The molecule has 0 bridgehead atoms. The van der Waals surface area contributed by atoms with Gasteiger partial charge in [0.2, 0.25) is 15.9 Å². The van der Waals surface area contributed by atoms with Crippen molar-refractivity contribution < 1.29 is 27.5 Å². The maximum absolute atomic E-state index is 13.1. The highest BCUT2D eigenvalue weighted by Crippen LogP contribution is 2.26. The number of ether oxygens (including phenoxy) is 2. The predicted octanol–water partition coefficient (Wildman–Crippen LogP) is 3.78. The fourth-order valence-electron chi connectivity index (χ4n) is 4.40. The van der Waals surface area contributed by atoms with E-state index in [1.807, 2.05) is 37.3 Å². The first-order valence-corrected chi connectivity index (χ1v) is 14.2. The summed E-state index contributed by atoms with van der Waals surface area (Å²) in [5.41, 5.74) is 2.32. The fourth-order valence-corrected chi connectivity index (χ4v) is 5.86. The second kappa shape index (κ2) is 12.9. The number of rotatable bonds is 10. The Morgan fingerprint density at radius 3 is 2.41 bits per heavy atom. The van der Waals surface area contributed by atoms with Crippen molar-refractivity contribution >= 4 is 27.5 Å². The summed E-state index contributed by atoms with van der Waals surface area (Å²) in [6.07, 6.45) is 0.314. The zero-order valence-electron chi connectivity index (χ0n) is 22.1. The van der Waals surface area contributed by atoms with Crippen LogP contribution in [-0.4, -0.2) is 58.0 Å². The molecule has 4 rings (SSSR count). The molecule has 0 aromatic heterocycles. The third-order valence-corrected chi connectivity index (χ3v) is 8.47. The molecular weight excluding hydrogens is 518 g/mol. The molecule has 9 nitrogen and oxygen atoms in total. The molecule has 3 aromatic rings. The number of morpholine rings is 1. The van der Waals surface area contributed by atoms with E-state index < -0.39 is 10.0 Å². The minimum Gasteiger partial charge on any atom is -0.496 e. The van der Waals surface area contributed by atoms with Crippen molar-refractivity contribution in [1.29, 1.82) is 0 Å². The normalized spacial score (nSPS) is 14.8. The number of amides is 2. The first kappa shape index (κ1) is 28.3. The second-order valence-electron chi connectivity index (χ2n) is 9.19. The molecule has 10 heteroatoms. The molecule has 0 spiro atoms. The lowest BCUT2D eigenvalue weighted by atomic mass is 10.1. The van der Waals surface area contributed by atoms with Crippen molar-refractivity contribution in [2.24, 2.45) is 0 Å². The number of carbonyl (C=O) groups excluding carboxylic acids is 2. The van der Waals surface area contributed by atoms with Gasteiger partial charge < -0.3 is 20.1 Å². The summed E-state index contributed by atoms with van der Waals surface area (Å²) in [6, 6.07) is 20.9. The van der Waals surface area contributed by atoms with Crippen LogP contribution < -0.4 is 15.4 Å². The molecule has 1 aliphatic heterocycles. The van der Waals surface area contributed by atoms with E-state index in [-0.39, 0.29) is 35.6 Å². The van der Waals surface area contributed by atoms with E-state index in [0.29, 0.717) is 48.9 Å². The summed E-state index contributed by atoms with van der Waals surface area (Å²) in [6.45, 7) is 3.20. The van der Waals surface area contributed by atoms with Crippen LogP contribution in [-0.2, 0) is 26.0 Å². The van der Waals surface area contributed by atoms with Gasteiger partial charge in [0.15, 0.2) is 0 Å². The molecule has 39 heavy (non-hydrogen) atoms. The van der Waals surface area contributed by atoms with Crippen molar-refractivity contribution in [2.75, 3.05) is 38.7 Å². The standard InChI is InChI=1S/C29H33N3O6S/c1-21(22-8-4-3-5-9-22)30-29(34)25-10-6-7-11-26(25)31-28(33)15-12-23-20-24(13-14-27(23)37-2)39(35,36)32-16-18-38-19-17-32/h3-11,13-14,20-21H,12,15-19H2,1-2H3,(H,30,34)(H,31,33)/t21-/m0/s1. The van der Waals surface area contributed by atoms with E-state index in [4.69, 9.17) is 9.47 Å². The number of benzene rings is 3. The Morgan fingerprint density at radius 2 is 1.69 bits per heavy atom. The van der Waals surface area contributed by atoms with Gasteiger partial charge in [-0.15, -0.1) is 0 Å². The number of nitrogens with one attached hydrogen (secondary N) is 2. The minimum atomic E-state index is -3.69. The lowest BCUT2D eigenvalue weighted by molar-refractivity contribution is -0.116. The van der Waals surface area contributed by atoms with Crippen LogP contribution >= 0.6 is 0 Å². The molecule has 1 atom stereocenters. The van der Waals surface area contributed by atoms with Gasteiger partial charge in [-0.1, -0.05) is 42.5 Å². The molecule has 2 N–H and O–H groups in total. The number of hydrogen-bond acceptors (Lipinski definition) is 6. The molecule has 0 unspecified atom stereocenters. The fraction of sp³-hybridized carbons (Fsp3) is 0.310. The molecule has 2 amide bonds. The van der Waals surface area contributed by atoms with Crippen LogP contribution in [0.4, 0.5) is 5.69 Å². The third kappa shape index (κ3) is 7.03. The number of anilines is 1. The van der Waals surface area contributed by atoms with Gasteiger partial charge in [-0.25, -0.2) is 8.42 Å². The zero-order valence-corrected chi connectivity index (χ0v) is 22.9. The Kier molecular flexibility index (Phi) is 9.34. The summed E-state index contributed by atoms with van der Waals surface area (Å²) in [7, 11) is -2.19. The van der Waals surface area contributed by atoms with Crippen LogP contribution in [0.15, 0.2) is 77.7 Å². The average molecular weight is 552 g/mol. The van der Waals surface area contributed by atoms with Crippen LogP contribution in [0.25, 0.3) is 0 Å². The Bertz CT molecular complexity index is 1410. The number of methoxy groups -OCH3 is 1. The summed E-state index contributed by atoms with van der Waals surface area (Å²) >= 11 is 0. The molecule has 1 heterocycles. The lowest BCUT2D eigenvalue weighted by Crippen LogP contribution is -2.40. The zero-order chi connectivity index (χ0) is 27.8. The first-order valence-electron chi connectivity index (χ1n) is 12.8. The summed E-state index contributed by atoms with van der Waals surface area (Å²) in [5, 5.41) is 5.80. The second-order valence-corrected chi connectivity index (χ2v) is 11.1. The van der Waals surface area contributed by atoms with E-state index in [9.17, 15) is 18.0 Å². The molecule has 1 aliphatic rings. The Hall–Kier alpha value is -3.73. The Morgan fingerprint density at radius 1 is 1.00 bits per heavy atom. The predicted molar refractivity (Wildman–Crippen MR) is 148 cm³/mol. The van der Waals surface area contributed by atoms with Crippen molar-refractivity contribution in [3.05, 3.63) is 89.5 Å². The topological polar surface area (TPSA) is 114 Å². The van der Waals surface area contributed by atoms with Crippen LogP contribution in [0.5, 0.6) is 5.75 Å². The van der Waals surface area contributed by atoms with E-state index >= 15 is 0 Å². The average Bonchev–Trinajstić information content (AvgIpc) is 2.97. The van der Waals surface area contributed by atoms with Gasteiger partial charge >= 0.3 is 0 Å². The quantitative estimate of drug-likeness (QED) is 0.397. The molecule has 0 radical (unpaired) electrons. The number of carbonyl (C=O) groups is 2. The van der Waals surface area contributed by atoms with Crippen LogP contribution in [0.1, 0.15) is 40.9 Å². The summed E-state index contributed by atoms with van der Waals surface area (Å²) < 4.78 is 38.3. The first-order chi connectivity index (χ1) is 18.8. The van der Waals surface area contributed by atoms with E-state index in [0.717, 1.165) is 5.56 Å². The number of para-hydroxylation sites is 1. The van der Waals surface area contributed by atoms with Gasteiger partial charge in [-0.2, -0.15) is 4.31 Å². The maximum atomic E-state index is 13.1. The molecular formula is C29H33N3O6S. The van der Waals surface area contributed by atoms with Gasteiger partial charge in [-0.3, -0.25) is 9.59 Å². The molecule has 1 saturated heterocycles. The van der Waals surface area contributed by atoms with Crippen LogP contribution in [0, 0.1) is 0 Å². The minimum absolute atomic E-state index is 0.0633. The summed E-state index contributed by atoms with van der Waals surface area (Å²) in [5.74, 6) is -0.113. The van der Waals surface area contributed by atoms with Crippen molar-refractivity contribution in [2.45, 2.75) is 30.7 Å². The Labute approximate surface area is 229 Å². The van der Waals surface area contributed by atoms with E-state index in [1.54, 1.807) is 36.4 Å². The van der Waals surface area contributed by atoms with Gasteiger partial charge in [0.05, 0.1) is 42.5 Å². The molecule has 0 saturated carbocycles.